The largest absolute Gasteiger partial charge is 0.494 e. The van der Waals surface area contributed by atoms with Crippen LogP contribution in [0.5, 0.6) is 5.75 Å². The maximum absolute atomic E-state index is 11.0. The standard InChI is InChI=1S/C17H29N5O3S/c1-19-17(21-26(18,23)24)20-9-6-12-25-16-8-5-7-15(13-16)14-22-10-3-2-4-11-22/h5,7-8,13H,2-4,6,9-12,14H2,1H3,(H2,18,23,24)(H2,19,20,21). The molecule has 9 heteroatoms. The van der Waals surface area contributed by atoms with Gasteiger partial charge in [0.2, 0.25) is 5.96 Å². The molecule has 0 radical (unpaired) electrons. The molecule has 1 aromatic rings. The topological polar surface area (TPSA) is 109 Å². The number of rotatable bonds is 8. The van der Waals surface area contributed by atoms with Crippen LogP contribution in [0.25, 0.3) is 0 Å². The van der Waals surface area contributed by atoms with Gasteiger partial charge in [-0.3, -0.25) is 9.89 Å². The fourth-order valence-corrected chi connectivity index (χ4v) is 3.31. The van der Waals surface area contributed by atoms with Gasteiger partial charge in [0.1, 0.15) is 5.75 Å². The van der Waals surface area contributed by atoms with Crippen LogP contribution >= 0.6 is 0 Å². The number of hydrogen-bond donors (Lipinski definition) is 3. The molecule has 1 aromatic carbocycles. The fourth-order valence-electron chi connectivity index (χ4n) is 2.87. The molecule has 0 aliphatic carbocycles. The minimum atomic E-state index is -3.82. The van der Waals surface area contributed by atoms with Crippen LogP contribution in [0.2, 0.25) is 0 Å². The third-order valence-corrected chi connectivity index (χ3v) is 4.58. The van der Waals surface area contributed by atoms with Gasteiger partial charge in [-0.15, -0.1) is 0 Å². The number of benzene rings is 1. The van der Waals surface area contributed by atoms with Crippen molar-refractivity contribution in [3.63, 3.8) is 0 Å². The van der Waals surface area contributed by atoms with Crippen molar-refractivity contribution in [1.82, 2.24) is 14.9 Å². The summed E-state index contributed by atoms with van der Waals surface area (Å²) >= 11 is 0. The van der Waals surface area contributed by atoms with Crippen molar-refractivity contribution in [1.29, 1.82) is 0 Å². The molecular formula is C17H29N5O3S. The Labute approximate surface area is 156 Å². The highest BCUT2D eigenvalue weighted by molar-refractivity contribution is 7.87. The number of hydrogen-bond acceptors (Lipinski definition) is 5. The first kappa shape index (κ1) is 20.5. The first-order valence-corrected chi connectivity index (χ1v) is 10.5. The molecule has 4 N–H and O–H groups in total. The lowest BCUT2D eigenvalue weighted by Crippen LogP contribution is -2.44. The van der Waals surface area contributed by atoms with Gasteiger partial charge in [-0.2, -0.15) is 8.42 Å². The van der Waals surface area contributed by atoms with Gasteiger partial charge >= 0.3 is 0 Å². The average Bonchev–Trinajstić information content (AvgIpc) is 2.60. The number of nitrogens with zero attached hydrogens (tertiary/aromatic N) is 2. The second-order valence-electron chi connectivity index (χ2n) is 6.33. The summed E-state index contributed by atoms with van der Waals surface area (Å²) in [5, 5.41) is 7.78. The number of piperidine rings is 1. The van der Waals surface area contributed by atoms with Crippen LogP contribution in [-0.4, -0.2) is 52.6 Å². The summed E-state index contributed by atoms with van der Waals surface area (Å²) in [6.07, 6.45) is 4.60. The summed E-state index contributed by atoms with van der Waals surface area (Å²) in [6.45, 7) is 4.35. The second-order valence-corrected chi connectivity index (χ2v) is 7.63. The molecule has 26 heavy (non-hydrogen) atoms. The van der Waals surface area contributed by atoms with Crippen molar-refractivity contribution in [2.45, 2.75) is 32.2 Å². The molecule has 1 aliphatic rings. The van der Waals surface area contributed by atoms with Crippen molar-refractivity contribution in [3.8, 4) is 5.75 Å². The van der Waals surface area contributed by atoms with Crippen molar-refractivity contribution in [3.05, 3.63) is 29.8 Å². The van der Waals surface area contributed by atoms with Crippen molar-refractivity contribution >= 4 is 16.2 Å². The Kier molecular flexibility index (Phi) is 8.14. The molecule has 0 aromatic heterocycles. The molecule has 0 amide bonds. The molecular weight excluding hydrogens is 354 g/mol. The Bertz CT molecular complexity index is 687. The van der Waals surface area contributed by atoms with Gasteiger partial charge in [-0.25, -0.2) is 9.86 Å². The summed E-state index contributed by atoms with van der Waals surface area (Å²) in [5.41, 5.74) is 1.26. The number of aliphatic imine (C=N–C) groups is 1. The fraction of sp³-hybridized carbons (Fsp3) is 0.588. The van der Waals surface area contributed by atoms with Crippen LogP contribution in [0.3, 0.4) is 0 Å². The van der Waals surface area contributed by atoms with Crippen LogP contribution in [0, 0.1) is 0 Å². The molecule has 2 rings (SSSR count). The molecule has 0 bridgehead atoms. The SMILES string of the molecule is CN=C(NCCCOc1cccc(CN2CCCCC2)c1)NS(N)(=O)=O. The monoisotopic (exact) mass is 383 g/mol. The molecule has 1 aliphatic heterocycles. The maximum Gasteiger partial charge on any atom is 0.298 e. The van der Waals surface area contributed by atoms with Gasteiger partial charge in [0.15, 0.2) is 0 Å². The second kappa shape index (κ2) is 10.3. The maximum atomic E-state index is 11.0. The first-order chi connectivity index (χ1) is 12.5. The smallest absolute Gasteiger partial charge is 0.298 e. The van der Waals surface area contributed by atoms with Crippen molar-refractivity contribution in [2.75, 3.05) is 33.3 Å². The Morgan fingerprint density at radius 2 is 2.08 bits per heavy atom. The van der Waals surface area contributed by atoms with Crippen LogP contribution < -0.4 is 19.9 Å². The van der Waals surface area contributed by atoms with Crippen LogP contribution in [0.1, 0.15) is 31.2 Å². The molecule has 1 fully saturated rings. The minimum Gasteiger partial charge on any atom is -0.494 e. The lowest BCUT2D eigenvalue weighted by atomic mass is 10.1. The van der Waals surface area contributed by atoms with Gasteiger partial charge in [0.05, 0.1) is 6.61 Å². The average molecular weight is 384 g/mol. The van der Waals surface area contributed by atoms with Gasteiger partial charge in [0.25, 0.3) is 10.2 Å². The number of likely N-dealkylation sites (tertiary alicyclic amines) is 1. The number of nitrogens with one attached hydrogen (secondary N) is 2. The molecule has 1 saturated heterocycles. The third kappa shape index (κ3) is 8.03. The van der Waals surface area contributed by atoms with Crippen molar-refractivity contribution < 1.29 is 13.2 Å². The highest BCUT2D eigenvalue weighted by atomic mass is 32.2. The Balaban J connectivity index is 1.70. The minimum absolute atomic E-state index is 0.121. The van der Waals surface area contributed by atoms with E-state index >= 15 is 0 Å². The number of nitrogens with two attached hydrogens (primary N) is 1. The summed E-state index contributed by atoms with van der Waals surface area (Å²) < 4.78 is 29.8. The number of guanidine groups is 1. The van der Waals surface area contributed by atoms with E-state index < -0.39 is 10.2 Å². The third-order valence-electron chi connectivity index (χ3n) is 4.10. The highest BCUT2D eigenvalue weighted by Crippen LogP contribution is 2.17. The van der Waals surface area contributed by atoms with Gasteiger partial charge < -0.3 is 10.1 Å². The van der Waals surface area contributed by atoms with E-state index in [2.05, 4.69) is 32.1 Å². The van der Waals surface area contributed by atoms with E-state index in [9.17, 15) is 8.42 Å². The van der Waals surface area contributed by atoms with Crippen molar-refractivity contribution in [2.24, 2.45) is 10.1 Å². The molecule has 0 spiro atoms. The summed E-state index contributed by atoms with van der Waals surface area (Å²) in [5.74, 6) is 0.975. The molecule has 0 saturated carbocycles. The lowest BCUT2D eigenvalue weighted by molar-refractivity contribution is 0.220. The van der Waals surface area contributed by atoms with E-state index in [1.807, 2.05) is 12.1 Å². The predicted molar refractivity (Wildman–Crippen MR) is 103 cm³/mol. The summed E-state index contributed by atoms with van der Waals surface area (Å²) in [4.78, 5) is 6.27. The van der Waals surface area contributed by atoms with E-state index in [-0.39, 0.29) is 5.96 Å². The molecule has 0 unspecified atom stereocenters. The normalized spacial score (nSPS) is 16.3. The zero-order valence-corrected chi connectivity index (χ0v) is 16.1. The summed E-state index contributed by atoms with van der Waals surface area (Å²) in [6, 6.07) is 8.19. The van der Waals surface area contributed by atoms with E-state index in [0.717, 1.165) is 12.3 Å². The van der Waals surface area contributed by atoms with Crippen LogP contribution in [-0.2, 0) is 16.8 Å². The first-order valence-electron chi connectivity index (χ1n) is 8.91. The number of ether oxygens (including phenoxy) is 1. The Morgan fingerprint density at radius 3 is 2.77 bits per heavy atom. The zero-order valence-electron chi connectivity index (χ0n) is 15.3. The van der Waals surface area contributed by atoms with E-state index in [1.165, 1.54) is 45.0 Å². The summed E-state index contributed by atoms with van der Waals surface area (Å²) in [7, 11) is -2.34. The van der Waals surface area contributed by atoms with Crippen LogP contribution in [0.4, 0.5) is 0 Å². The molecule has 146 valence electrons. The van der Waals surface area contributed by atoms with E-state index in [1.54, 1.807) is 0 Å². The van der Waals surface area contributed by atoms with Crippen LogP contribution in [0.15, 0.2) is 29.3 Å². The van der Waals surface area contributed by atoms with Gasteiger partial charge in [-0.1, -0.05) is 18.6 Å². The molecule has 8 nitrogen and oxygen atoms in total. The van der Waals surface area contributed by atoms with Gasteiger partial charge in [0, 0.05) is 20.1 Å². The Hall–Kier alpha value is -1.84. The lowest BCUT2D eigenvalue weighted by Gasteiger charge is -2.26. The quantitative estimate of drug-likeness (QED) is 0.350. The highest BCUT2D eigenvalue weighted by Gasteiger charge is 2.10. The predicted octanol–water partition coefficient (Wildman–Crippen LogP) is 0.810. The zero-order chi connectivity index (χ0) is 18.8. The Morgan fingerprint density at radius 1 is 1.31 bits per heavy atom. The van der Waals surface area contributed by atoms with Gasteiger partial charge in [-0.05, 0) is 50.0 Å². The van der Waals surface area contributed by atoms with E-state index in [0.29, 0.717) is 19.6 Å². The molecule has 0 atom stereocenters. The molecule has 1 heterocycles. The van der Waals surface area contributed by atoms with E-state index in [4.69, 9.17) is 9.88 Å².